The zero-order valence-corrected chi connectivity index (χ0v) is 12.4. The van der Waals surface area contributed by atoms with E-state index in [0.717, 1.165) is 19.4 Å². The highest BCUT2D eigenvalue weighted by atomic mass is 35.5. The fourth-order valence-corrected chi connectivity index (χ4v) is 2.63. The maximum absolute atomic E-state index is 12.4. The summed E-state index contributed by atoms with van der Waals surface area (Å²) in [6.45, 7) is 3.07. The molecular weight excluding hydrogens is 292 g/mol. The van der Waals surface area contributed by atoms with Crippen LogP contribution in [0.1, 0.15) is 41.0 Å². The summed E-state index contributed by atoms with van der Waals surface area (Å²) >= 11 is 5.79. The number of likely N-dealkylation sites (tertiary alicyclic amines) is 1. The lowest BCUT2D eigenvalue weighted by atomic mass is 9.97. The average Bonchev–Trinajstić information content (AvgIpc) is 2.94. The van der Waals surface area contributed by atoms with Crippen LogP contribution >= 0.6 is 11.6 Å². The molecule has 1 saturated heterocycles. The van der Waals surface area contributed by atoms with E-state index in [1.165, 1.54) is 6.20 Å². The lowest BCUT2D eigenvalue weighted by Crippen LogP contribution is -2.39. The van der Waals surface area contributed by atoms with Gasteiger partial charge in [0.25, 0.3) is 5.91 Å². The predicted molar refractivity (Wildman–Crippen MR) is 76.2 cm³/mol. The van der Waals surface area contributed by atoms with Gasteiger partial charge in [-0.15, -0.1) is 0 Å². The molecule has 1 fully saturated rings. The molecule has 0 saturated carbocycles. The van der Waals surface area contributed by atoms with Crippen LogP contribution in [0.4, 0.5) is 0 Å². The maximum atomic E-state index is 12.4. The van der Waals surface area contributed by atoms with Crippen molar-refractivity contribution in [2.45, 2.75) is 25.7 Å². The summed E-state index contributed by atoms with van der Waals surface area (Å²) in [6, 6.07) is 3.32. The number of rotatable bonds is 2. The molecular formula is C14H15ClN4O2. The van der Waals surface area contributed by atoms with E-state index < -0.39 is 0 Å². The smallest absolute Gasteiger partial charge is 0.272 e. The van der Waals surface area contributed by atoms with E-state index in [0.29, 0.717) is 29.0 Å². The van der Waals surface area contributed by atoms with Crippen LogP contribution in [0.3, 0.4) is 0 Å². The van der Waals surface area contributed by atoms with Crippen molar-refractivity contribution in [3.8, 4) is 0 Å². The molecule has 0 N–H and O–H groups in total. The molecule has 3 rings (SSSR count). The first kappa shape index (κ1) is 14.0. The van der Waals surface area contributed by atoms with Crippen LogP contribution in [0.15, 0.2) is 22.9 Å². The third kappa shape index (κ3) is 3.05. The Balaban J connectivity index is 1.73. The quantitative estimate of drug-likeness (QED) is 0.852. The van der Waals surface area contributed by atoms with Crippen LogP contribution in [0.5, 0.6) is 0 Å². The van der Waals surface area contributed by atoms with Gasteiger partial charge in [0.2, 0.25) is 5.89 Å². The number of hydrogen-bond donors (Lipinski definition) is 0. The molecule has 0 radical (unpaired) electrons. The number of aryl methyl sites for hydroxylation is 1. The van der Waals surface area contributed by atoms with Gasteiger partial charge in [-0.25, -0.2) is 4.98 Å². The first-order valence-corrected chi connectivity index (χ1v) is 7.22. The molecule has 0 bridgehead atoms. The highest BCUT2D eigenvalue weighted by Crippen LogP contribution is 2.25. The van der Waals surface area contributed by atoms with Gasteiger partial charge in [-0.3, -0.25) is 4.79 Å². The Morgan fingerprint density at radius 1 is 1.48 bits per heavy atom. The van der Waals surface area contributed by atoms with Crippen molar-refractivity contribution >= 4 is 17.5 Å². The molecule has 0 aliphatic carbocycles. The Morgan fingerprint density at radius 3 is 3.00 bits per heavy atom. The van der Waals surface area contributed by atoms with E-state index in [2.05, 4.69) is 15.1 Å². The Bertz CT molecular complexity index is 641. The molecule has 1 aliphatic heterocycles. The van der Waals surface area contributed by atoms with E-state index in [4.69, 9.17) is 16.1 Å². The maximum Gasteiger partial charge on any atom is 0.272 e. The minimum absolute atomic E-state index is 0.0865. The zero-order chi connectivity index (χ0) is 14.8. The largest absolute Gasteiger partial charge is 0.340 e. The number of amides is 1. The normalized spacial score (nSPS) is 18.8. The van der Waals surface area contributed by atoms with E-state index >= 15 is 0 Å². The van der Waals surface area contributed by atoms with Crippen LogP contribution in [0, 0.1) is 6.92 Å². The van der Waals surface area contributed by atoms with Crippen molar-refractivity contribution in [3.63, 3.8) is 0 Å². The Kier molecular flexibility index (Phi) is 3.88. The Hall–Kier alpha value is -1.95. The minimum Gasteiger partial charge on any atom is -0.340 e. The predicted octanol–water partition coefficient (Wildman–Crippen LogP) is 2.45. The molecule has 21 heavy (non-hydrogen) atoms. The van der Waals surface area contributed by atoms with Gasteiger partial charge >= 0.3 is 0 Å². The van der Waals surface area contributed by atoms with E-state index in [1.807, 2.05) is 0 Å². The molecule has 7 heteroatoms. The van der Waals surface area contributed by atoms with Crippen molar-refractivity contribution in [1.82, 2.24) is 20.0 Å². The lowest BCUT2D eigenvalue weighted by molar-refractivity contribution is 0.0697. The van der Waals surface area contributed by atoms with Gasteiger partial charge in [0.1, 0.15) is 5.69 Å². The van der Waals surface area contributed by atoms with Gasteiger partial charge < -0.3 is 9.42 Å². The number of nitrogens with zero attached hydrogens (tertiary/aromatic N) is 4. The third-order valence-corrected chi connectivity index (χ3v) is 3.79. The van der Waals surface area contributed by atoms with Crippen molar-refractivity contribution in [2.75, 3.05) is 13.1 Å². The lowest BCUT2D eigenvalue weighted by Gasteiger charge is -2.31. The molecule has 1 amide bonds. The van der Waals surface area contributed by atoms with E-state index in [1.54, 1.807) is 24.0 Å². The van der Waals surface area contributed by atoms with Gasteiger partial charge in [0, 0.05) is 32.1 Å². The fraction of sp³-hybridized carbons (Fsp3) is 0.429. The number of carbonyl (C=O) groups excluding carboxylic acids is 1. The van der Waals surface area contributed by atoms with Crippen molar-refractivity contribution in [3.05, 3.63) is 40.8 Å². The van der Waals surface area contributed by atoms with Gasteiger partial charge in [0.05, 0.1) is 5.02 Å². The second-order valence-corrected chi connectivity index (χ2v) is 5.56. The van der Waals surface area contributed by atoms with Crippen molar-refractivity contribution < 1.29 is 9.32 Å². The van der Waals surface area contributed by atoms with Crippen molar-refractivity contribution in [1.29, 1.82) is 0 Å². The first-order valence-electron chi connectivity index (χ1n) is 6.84. The molecule has 0 spiro atoms. The van der Waals surface area contributed by atoms with Crippen LogP contribution in [-0.4, -0.2) is 39.0 Å². The summed E-state index contributed by atoms with van der Waals surface area (Å²) in [6.07, 6.45) is 3.35. The summed E-state index contributed by atoms with van der Waals surface area (Å²) in [7, 11) is 0. The standard InChI is InChI=1S/C14H15ClN4O2/c1-9-17-13(18-21-9)10-3-2-6-19(8-10)14(20)12-5-4-11(15)7-16-12/h4-5,7,10H,2-3,6,8H2,1H3/t10-/m0/s1. The number of aromatic nitrogens is 3. The Labute approximate surface area is 127 Å². The van der Waals surface area contributed by atoms with E-state index in [9.17, 15) is 4.79 Å². The average molecular weight is 307 g/mol. The minimum atomic E-state index is -0.0865. The summed E-state index contributed by atoms with van der Waals surface area (Å²) in [5.74, 6) is 1.26. The topological polar surface area (TPSA) is 72.1 Å². The third-order valence-electron chi connectivity index (χ3n) is 3.56. The van der Waals surface area contributed by atoms with Crippen LogP contribution in [0.2, 0.25) is 5.02 Å². The molecule has 3 heterocycles. The molecule has 6 nitrogen and oxygen atoms in total. The highest BCUT2D eigenvalue weighted by Gasteiger charge is 2.28. The summed E-state index contributed by atoms with van der Waals surface area (Å²) in [4.78, 5) is 22.6. The number of piperidine rings is 1. The molecule has 0 aromatic carbocycles. The van der Waals surface area contributed by atoms with Gasteiger partial charge in [0.15, 0.2) is 5.82 Å². The molecule has 1 atom stereocenters. The molecule has 2 aromatic heterocycles. The summed E-state index contributed by atoms with van der Waals surface area (Å²) in [5, 5.41) is 4.48. The van der Waals surface area contributed by atoms with Gasteiger partial charge in [-0.1, -0.05) is 16.8 Å². The van der Waals surface area contributed by atoms with Crippen LogP contribution in [0.25, 0.3) is 0 Å². The summed E-state index contributed by atoms with van der Waals surface area (Å²) < 4.78 is 5.02. The number of pyridine rings is 1. The first-order chi connectivity index (χ1) is 10.1. The summed E-state index contributed by atoms with van der Waals surface area (Å²) in [5.41, 5.74) is 0.407. The SMILES string of the molecule is Cc1nc([C@H]2CCCN(C(=O)c3ccc(Cl)cn3)C2)no1. The van der Waals surface area contributed by atoms with Crippen molar-refractivity contribution in [2.24, 2.45) is 0 Å². The fourth-order valence-electron chi connectivity index (χ4n) is 2.52. The highest BCUT2D eigenvalue weighted by molar-refractivity contribution is 6.30. The zero-order valence-electron chi connectivity index (χ0n) is 11.6. The number of halogens is 1. The van der Waals surface area contributed by atoms with Gasteiger partial charge in [-0.05, 0) is 25.0 Å². The van der Waals surface area contributed by atoms with Crippen LogP contribution in [-0.2, 0) is 0 Å². The molecule has 110 valence electrons. The van der Waals surface area contributed by atoms with E-state index in [-0.39, 0.29) is 11.8 Å². The molecule has 2 aromatic rings. The molecule has 0 unspecified atom stereocenters. The number of hydrogen-bond acceptors (Lipinski definition) is 5. The second kappa shape index (κ2) is 5.81. The second-order valence-electron chi connectivity index (χ2n) is 5.12. The Morgan fingerprint density at radius 2 is 2.33 bits per heavy atom. The molecule has 1 aliphatic rings. The van der Waals surface area contributed by atoms with Gasteiger partial charge in [-0.2, -0.15) is 4.98 Å². The van der Waals surface area contributed by atoms with Crippen LogP contribution < -0.4 is 0 Å². The monoisotopic (exact) mass is 306 g/mol. The number of carbonyl (C=O) groups is 1.